The fourth-order valence-corrected chi connectivity index (χ4v) is 4.50. The Morgan fingerprint density at radius 1 is 1.22 bits per heavy atom. The highest BCUT2D eigenvalue weighted by molar-refractivity contribution is 7.11. The second-order valence-corrected chi connectivity index (χ2v) is 7.06. The van der Waals surface area contributed by atoms with Crippen LogP contribution in [-0.4, -0.2) is 12.0 Å². The van der Waals surface area contributed by atoms with Gasteiger partial charge in [0.25, 0.3) is 0 Å². The monoisotopic (exact) mass is 264 g/mol. The van der Waals surface area contributed by atoms with Crippen LogP contribution in [0, 0.1) is 5.92 Å². The zero-order chi connectivity index (χ0) is 12.5. The molecule has 0 amide bonds. The van der Waals surface area contributed by atoms with Crippen molar-refractivity contribution >= 4 is 11.3 Å². The van der Waals surface area contributed by atoms with Crippen LogP contribution in [0.3, 0.4) is 0 Å². The summed E-state index contributed by atoms with van der Waals surface area (Å²) in [4.78, 5) is 6.53. The third-order valence-corrected chi connectivity index (χ3v) is 5.75. The second kappa shape index (κ2) is 5.30. The molecule has 3 heteroatoms. The Morgan fingerprint density at radius 2 is 2.00 bits per heavy atom. The Morgan fingerprint density at radius 3 is 2.61 bits per heavy atom. The van der Waals surface area contributed by atoms with E-state index in [4.69, 9.17) is 4.98 Å². The maximum atomic E-state index is 5.02. The van der Waals surface area contributed by atoms with Crippen LogP contribution in [-0.2, 0) is 6.54 Å². The lowest BCUT2D eigenvalue weighted by atomic mass is 10.0. The zero-order valence-electron chi connectivity index (χ0n) is 11.5. The molecular formula is C15H24N2S. The minimum Gasteiger partial charge on any atom is -0.315 e. The molecule has 1 aromatic rings. The van der Waals surface area contributed by atoms with Crippen LogP contribution in [0.1, 0.15) is 72.9 Å². The van der Waals surface area contributed by atoms with Gasteiger partial charge in [-0.15, -0.1) is 11.3 Å². The second-order valence-electron chi connectivity index (χ2n) is 5.95. The number of nitrogens with one attached hydrogen (secondary N) is 1. The molecule has 2 aliphatic carbocycles. The summed E-state index contributed by atoms with van der Waals surface area (Å²) in [7, 11) is 2.04. The van der Waals surface area contributed by atoms with Gasteiger partial charge >= 0.3 is 0 Å². The molecule has 100 valence electrons. The molecule has 2 nitrogen and oxygen atoms in total. The number of rotatable bonds is 5. The topological polar surface area (TPSA) is 24.9 Å². The Bertz CT molecular complexity index is 409. The number of nitrogens with zero attached hydrogens (tertiary/aromatic N) is 1. The lowest BCUT2D eigenvalue weighted by Crippen LogP contribution is -2.05. The van der Waals surface area contributed by atoms with Gasteiger partial charge in [-0.3, -0.25) is 0 Å². The van der Waals surface area contributed by atoms with E-state index in [2.05, 4.69) is 12.2 Å². The van der Waals surface area contributed by atoms with Crippen LogP contribution >= 0.6 is 11.3 Å². The van der Waals surface area contributed by atoms with E-state index in [1.54, 1.807) is 0 Å². The Kier molecular flexibility index (Phi) is 3.71. The highest BCUT2D eigenvalue weighted by Gasteiger charge is 2.32. The van der Waals surface area contributed by atoms with E-state index in [0.717, 1.165) is 24.3 Å². The van der Waals surface area contributed by atoms with E-state index in [1.807, 2.05) is 18.4 Å². The van der Waals surface area contributed by atoms with Crippen LogP contribution in [0.15, 0.2) is 0 Å². The summed E-state index contributed by atoms with van der Waals surface area (Å²) in [6.45, 7) is 3.34. The van der Waals surface area contributed by atoms with Crippen molar-refractivity contribution in [2.45, 2.75) is 63.8 Å². The van der Waals surface area contributed by atoms with Crippen LogP contribution < -0.4 is 5.32 Å². The first-order valence-corrected chi connectivity index (χ1v) is 8.27. The maximum Gasteiger partial charge on any atom is 0.0962 e. The molecule has 2 fully saturated rings. The van der Waals surface area contributed by atoms with Gasteiger partial charge in [0.05, 0.1) is 10.7 Å². The van der Waals surface area contributed by atoms with Crippen molar-refractivity contribution < 1.29 is 0 Å². The maximum absolute atomic E-state index is 5.02. The van der Waals surface area contributed by atoms with E-state index in [-0.39, 0.29) is 0 Å². The van der Waals surface area contributed by atoms with E-state index in [1.165, 1.54) is 54.1 Å². The summed E-state index contributed by atoms with van der Waals surface area (Å²) < 4.78 is 0. The Labute approximate surface area is 114 Å². The van der Waals surface area contributed by atoms with Crippen LogP contribution in [0.25, 0.3) is 0 Å². The van der Waals surface area contributed by atoms with Gasteiger partial charge in [0, 0.05) is 23.3 Å². The summed E-state index contributed by atoms with van der Waals surface area (Å²) in [6.07, 6.45) is 8.24. The fourth-order valence-electron chi connectivity index (χ4n) is 3.19. The van der Waals surface area contributed by atoms with E-state index in [0.29, 0.717) is 0 Å². The summed E-state index contributed by atoms with van der Waals surface area (Å²) in [5.74, 6) is 2.51. The average Bonchev–Trinajstić information content (AvgIpc) is 2.96. The van der Waals surface area contributed by atoms with Crippen LogP contribution in [0.2, 0.25) is 0 Å². The van der Waals surface area contributed by atoms with Gasteiger partial charge in [0.2, 0.25) is 0 Å². The van der Waals surface area contributed by atoms with Gasteiger partial charge in [-0.25, -0.2) is 4.98 Å². The first-order chi connectivity index (χ1) is 8.81. The lowest BCUT2D eigenvalue weighted by Gasteiger charge is -2.06. The van der Waals surface area contributed by atoms with Gasteiger partial charge in [-0.05, 0) is 45.1 Å². The standard InChI is InChI=1S/C15H24N2S/c1-3-10-4-5-12(8-10)15-17-14(11-6-7-11)13(18-15)9-16-2/h10-12,16H,3-9H2,1-2H3. The summed E-state index contributed by atoms with van der Waals surface area (Å²) in [5, 5.41) is 4.74. The lowest BCUT2D eigenvalue weighted by molar-refractivity contribution is 0.521. The normalized spacial score (nSPS) is 27.9. The van der Waals surface area contributed by atoms with Crippen molar-refractivity contribution in [3.8, 4) is 0 Å². The molecule has 0 aromatic carbocycles. The van der Waals surface area contributed by atoms with E-state index in [9.17, 15) is 0 Å². The molecule has 3 rings (SSSR count). The first kappa shape index (κ1) is 12.6. The largest absolute Gasteiger partial charge is 0.315 e. The molecule has 0 saturated heterocycles. The third kappa shape index (κ3) is 2.48. The van der Waals surface area contributed by atoms with Crippen molar-refractivity contribution in [2.75, 3.05) is 7.05 Å². The summed E-state index contributed by atoms with van der Waals surface area (Å²) >= 11 is 1.99. The van der Waals surface area contributed by atoms with Crippen LogP contribution in [0.5, 0.6) is 0 Å². The van der Waals surface area contributed by atoms with E-state index >= 15 is 0 Å². The zero-order valence-corrected chi connectivity index (χ0v) is 12.4. The molecule has 2 unspecified atom stereocenters. The molecule has 1 aromatic heterocycles. The fraction of sp³-hybridized carbons (Fsp3) is 0.800. The van der Waals surface area contributed by atoms with Crippen LogP contribution in [0.4, 0.5) is 0 Å². The number of aromatic nitrogens is 1. The highest BCUT2D eigenvalue weighted by Crippen LogP contribution is 2.46. The van der Waals surface area contributed by atoms with Gasteiger partial charge in [-0.2, -0.15) is 0 Å². The molecule has 1 heterocycles. The van der Waals surface area contributed by atoms with Crippen molar-refractivity contribution in [3.05, 3.63) is 15.6 Å². The van der Waals surface area contributed by atoms with Gasteiger partial charge in [-0.1, -0.05) is 13.3 Å². The van der Waals surface area contributed by atoms with E-state index < -0.39 is 0 Å². The Hall–Kier alpha value is -0.410. The summed E-state index contributed by atoms with van der Waals surface area (Å²) in [5.41, 5.74) is 1.43. The molecule has 18 heavy (non-hydrogen) atoms. The predicted octanol–water partition coefficient (Wildman–Crippen LogP) is 4.03. The molecule has 0 bridgehead atoms. The number of hydrogen-bond acceptors (Lipinski definition) is 3. The molecule has 2 aliphatic rings. The molecular weight excluding hydrogens is 240 g/mol. The highest BCUT2D eigenvalue weighted by atomic mass is 32.1. The summed E-state index contributed by atoms with van der Waals surface area (Å²) in [6, 6.07) is 0. The third-order valence-electron chi connectivity index (χ3n) is 4.51. The average molecular weight is 264 g/mol. The quantitative estimate of drug-likeness (QED) is 0.868. The molecule has 2 saturated carbocycles. The molecule has 0 spiro atoms. The Balaban J connectivity index is 1.77. The smallest absolute Gasteiger partial charge is 0.0962 e. The molecule has 0 radical (unpaired) electrons. The minimum absolute atomic E-state index is 0.767. The SMILES string of the molecule is CCC1CCC(c2nc(C3CC3)c(CNC)s2)C1. The van der Waals surface area contributed by atoms with Crippen molar-refractivity contribution in [2.24, 2.45) is 5.92 Å². The van der Waals surface area contributed by atoms with Gasteiger partial charge in [0.1, 0.15) is 0 Å². The molecule has 0 aliphatic heterocycles. The predicted molar refractivity (Wildman–Crippen MR) is 77.2 cm³/mol. The van der Waals surface area contributed by atoms with Gasteiger partial charge in [0.15, 0.2) is 0 Å². The first-order valence-electron chi connectivity index (χ1n) is 7.45. The minimum atomic E-state index is 0.767. The molecule has 2 atom stereocenters. The number of thiazole rings is 1. The number of hydrogen-bond donors (Lipinski definition) is 1. The van der Waals surface area contributed by atoms with Crippen molar-refractivity contribution in [1.82, 2.24) is 10.3 Å². The van der Waals surface area contributed by atoms with Crippen molar-refractivity contribution in [3.63, 3.8) is 0 Å². The van der Waals surface area contributed by atoms with Gasteiger partial charge < -0.3 is 5.32 Å². The molecule has 1 N–H and O–H groups in total. The van der Waals surface area contributed by atoms with Crippen molar-refractivity contribution in [1.29, 1.82) is 0 Å².